The van der Waals surface area contributed by atoms with Gasteiger partial charge in [-0.3, -0.25) is 4.79 Å². The summed E-state index contributed by atoms with van der Waals surface area (Å²) >= 11 is 0. The first kappa shape index (κ1) is 15.2. The van der Waals surface area contributed by atoms with Crippen molar-refractivity contribution in [1.29, 1.82) is 0 Å². The van der Waals surface area contributed by atoms with Gasteiger partial charge in [-0.15, -0.1) is 0 Å². The van der Waals surface area contributed by atoms with E-state index in [1.54, 1.807) is 14.1 Å². The predicted molar refractivity (Wildman–Crippen MR) is 58.4 cm³/mol. The third-order valence-electron chi connectivity index (χ3n) is 1.86. The molecule has 0 aromatic heterocycles. The highest BCUT2D eigenvalue weighted by Gasteiger charge is 2.13. The zero-order valence-electron chi connectivity index (χ0n) is 9.77. The van der Waals surface area contributed by atoms with Crippen molar-refractivity contribution in [2.45, 2.75) is 12.5 Å². The molecule has 0 radical (unpaired) electrons. The van der Waals surface area contributed by atoms with Crippen molar-refractivity contribution in [1.82, 2.24) is 15.5 Å². The average molecular weight is 247 g/mol. The lowest BCUT2D eigenvalue weighted by atomic mass is 10.3. The SMILES string of the molecule is CN(C)C(=O)CCNC(=O)NCC(O)C(=O)O. The Balaban J connectivity index is 3.67. The van der Waals surface area contributed by atoms with Crippen LogP contribution in [0.4, 0.5) is 4.79 Å². The number of carboxylic acid groups (broad SMARTS) is 1. The zero-order chi connectivity index (χ0) is 13.4. The summed E-state index contributed by atoms with van der Waals surface area (Å²) in [4.78, 5) is 33.8. The van der Waals surface area contributed by atoms with E-state index in [0.29, 0.717) is 0 Å². The third kappa shape index (κ3) is 7.12. The van der Waals surface area contributed by atoms with Crippen LogP contribution in [0.25, 0.3) is 0 Å². The first-order chi connectivity index (χ1) is 7.84. The fourth-order valence-corrected chi connectivity index (χ4v) is 0.846. The van der Waals surface area contributed by atoms with Crippen molar-refractivity contribution in [3.8, 4) is 0 Å². The Hall–Kier alpha value is -1.83. The highest BCUT2D eigenvalue weighted by Crippen LogP contribution is 1.85. The van der Waals surface area contributed by atoms with Crippen LogP contribution in [-0.4, -0.2) is 66.3 Å². The second kappa shape index (κ2) is 7.44. The van der Waals surface area contributed by atoms with Crippen molar-refractivity contribution in [3.63, 3.8) is 0 Å². The molecule has 98 valence electrons. The summed E-state index contributed by atoms with van der Waals surface area (Å²) in [7, 11) is 3.21. The number of urea groups is 1. The number of aliphatic carboxylic acids is 1. The molecule has 0 aliphatic heterocycles. The summed E-state index contributed by atoms with van der Waals surface area (Å²) in [5, 5.41) is 21.7. The van der Waals surface area contributed by atoms with Crippen LogP contribution < -0.4 is 10.6 Å². The maximum Gasteiger partial charge on any atom is 0.334 e. The summed E-state index contributed by atoms with van der Waals surface area (Å²) < 4.78 is 0. The first-order valence-corrected chi connectivity index (χ1v) is 4.97. The average Bonchev–Trinajstić information content (AvgIpc) is 2.25. The highest BCUT2D eigenvalue weighted by molar-refractivity contribution is 5.78. The normalized spacial score (nSPS) is 11.5. The number of nitrogens with zero attached hydrogens (tertiary/aromatic N) is 1. The van der Waals surface area contributed by atoms with Crippen LogP contribution in [0.2, 0.25) is 0 Å². The van der Waals surface area contributed by atoms with Gasteiger partial charge in [-0.25, -0.2) is 9.59 Å². The molecule has 0 saturated carbocycles. The molecule has 1 atom stereocenters. The topological polar surface area (TPSA) is 119 Å². The fraction of sp³-hybridized carbons (Fsp3) is 0.667. The summed E-state index contributed by atoms with van der Waals surface area (Å²) in [6.07, 6.45) is -1.48. The van der Waals surface area contributed by atoms with E-state index in [1.807, 2.05) is 0 Å². The van der Waals surface area contributed by atoms with E-state index in [2.05, 4.69) is 10.6 Å². The van der Waals surface area contributed by atoms with Crippen molar-refractivity contribution in [2.24, 2.45) is 0 Å². The quantitative estimate of drug-likeness (QED) is 0.442. The number of amides is 3. The minimum atomic E-state index is -1.64. The van der Waals surface area contributed by atoms with Crippen molar-refractivity contribution < 1.29 is 24.6 Å². The van der Waals surface area contributed by atoms with Gasteiger partial charge in [0.25, 0.3) is 0 Å². The molecule has 0 heterocycles. The molecule has 0 saturated heterocycles. The van der Waals surface area contributed by atoms with Gasteiger partial charge in [-0.05, 0) is 0 Å². The number of carbonyl (C=O) groups excluding carboxylic acids is 2. The monoisotopic (exact) mass is 247 g/mol. The van der Waals surface area contributed by atoms with E-state index in [9.17, 15) is 14.4 Å². The van der Waals surface area contributed by atoms with Gasteiger partial charge in [0.05, 0.1) is 6.54 Å². The second-order valence-electron chi connectivity index (χ2n) is 3.53. The largest absolute Gasteiger partial charge is 0.479 e. The number of carbonyl (C=O) groups is 3. The number of rotatable bonds is 6. The second-order valence-corrected chi connectivity index (χ2v) is 3.53. The Bertz CT molecular complexity index is 292. The van der Waals surface area contributed by atoms with Crippen molar-refractivity contribution >= 4 is 17.9 Å². The molecule has 0 bridgehead atoms. The number of nitrogens with one attached hydrogen (secondary N) is 2. The Kier molecular flexibility index (Phi) is 6.64. The molecule has 0 fully saturated rings. The van der Waals surface area contributed by atoms with Gasteiger partial charge in [-0.2, -0.15) is 0 Å². The summed E-state index contributed by atoms with van der Waals surface area (Å²) in [6.45, 7) is -0.241. The molecule has 8 nitrogen and oxygen atoms in total. The molecule has 0 aromatic carbocycles. The van der Waals surface area contributed by atoms with E-state index < -0.39 is 18.1 Å². The van der Waals surface area contributed by atoms with E-state index in [4.69, 9.17) is 10.2 Å². The number of hydrogen-bond acceptors (Lipinski definition) is 4. The lowest BCUT2D eigenvalue weighted by Crippen LogP contribution is -2.42. The maximum absolute atomic E-state index is 11.1. The molecule has 0 aliphatic carbocycles. The van der Waals surface area contributed by atoms with Gasteiger partial charge >= 0.3 is 12.0 Å². The Morgan fingerprint density at radius 1 is 1.24 bits per heavy atom. The van der Waals surface area contributed by atoms with Crippen LogP contribution in [0.3, 0.4) is 0 Å². The Morgan fingerprint density at radius 3 is 2.29 bits per heavy atom. The molecule has 0 rings (SSSR count). The molecular weight excluding hydrogens is 230 g/mol. The molecule has 0 aliphatic rings. The Morgan fingerprint density at radius 2 is 1.82 bits per heavy atom. The van der Waals surface area contributed by atoms with Crippen LogP contribution in [0.15, 0.2) is 0 Å². The minimum Gasteiger partial charge on any atom is -0.479 e. The molecular formula is C9H17N3O5. The van der Waals surface area contributed by atoms with Gasteiger partial charge in [0.2, 0.25) is 5.91 Å². The van der Waals surface area contributed by atoms with Gasteiger partial charge in [0.1, 0.15) is 0 Å². The molecule has 8 heteroatoms. The van der Waals surface area contributed by atoms with Crippen LogP contribution >= 0.6 is 0 Å². The van der Waals surface area contributed by atoms with E-state index in [1.165, 1.54) is 4.90 Å². The molecule has 0 aromatic rings. The smallest absolute Gasteiger partial charge is 0.334 e. The van der Waals surface area contributed by atoms with Gasteiger partial charge in [0.15, 0.2) is 6.10 Å². The first-order valence-electron chi connectivity index (χ1n) is 4.97. The molecule has 1 unspecified atom stereocenters. The van der Waals surface area contributed by atoms with E-state index in [-0.39, 0.29) is 25.4 Å². The molecule has 3 amide bonds. The van der Waals surface area contributed by atoms with E-state index in [0.717, 1.165) is 0 Å². The number of aliphatic hydroxyl groups is 1. The van der Waals surface area contributed by atoms with Crippen LogP contribution in [0.5, 0.6) is 0 Å². The van der Waals surface area contributed by atoms with E-state index >= 15 is 0 Å². The lowest BCUT2D eigenvalue weighted by molar-refractivity contribution is -0.146. The molecule has 17 heavy (non-hydrogen) atoms. The molecule has 0 spiro atoms. The Labute approximate surface area is 98.6 Å². The van der Waals surface area contributed by atoms with Gasteiger partial charge < -0.3 is 25.7 Å². The third-order valence-corrected chi connectivity index (χ3v) is 1.86. The highest BCUT2D eigenvalue weighted by atomic mass is 16.4. The van der Waals surface area contributed by atoms with Gasteiger partial charge in [0, 0.05) is 27.1 Å². The molecule has 4 N–H and O–H groups in total. The van der Waals surface area contributed by atoms with Gasteiger partial charge in [-0.1, -0.05) is 0 Å². The number of hydrogen-bond donors (Lipinski definition) is 4. The van der Waals surface area contributed by atoms with Crippen LogP contribution in [0.1, 0.15) is 6.42 Å². The van der Waals surface area contributed by atoms with Crippen molar-refractivity contribution in [3.05, 3.63) is 0 Å². The van der Waals surface area contributed by atoms with Crippen LogP contribution in [0, 0.1) is 0 Å². The zero-order valence-corrected chi connectivity index (χ0v) is 9.77. The summed E-state index contributed by atoms with van der Waals surface area (Å²) in [5.41, 5.74) is 0. The fourth-order valence-electron chi connectivity index (χ4n) is 0.846. The number of aliphatic hydroxyl groups excluding tert-OH is 1. The standard InChI is InChI=1S/C9H17N3O5/c1-12(2)7(14)3-4-10-9(17)11-5-6(13)8(15)16/h6,13H,3-5H2,1-2H3,(H,15,16)(H2,10,11,17). The summed E-state index contributed by atoms with van der Waals surface area (Å²) in [6, 6.07) is -0.628. The maximum atomic E-state index is 11.1. The summed E-state index contributed by atoms with van der Waals surface area (Å²) in [5.74, 6) is -1.54. The predicted octanol–water partition coefficient (Wildman–Crippen LogP) is -1.79. The van der Waals surface area contributed by atoms with Crippen molar-refractivity contribution in [2.75, 3.05) is 27.2 Å². The lowest BCUT2D eigenvalue weighted by Gasteiger charge is -2.11. The number of carboxylic acids is 1. The van der Waals surface area contributed by atoms with Crippen LogP contribution in [-0.2, 0) is 9.59 Å². The minimum absolute atomic E-state index is 0.129.